The molecular formula is C19H21N3O3. The second kappa shape index (κ2) is 6.72. The number of ether oxygens (including phenoxy) is 1. The second-order valence-corrected chi connectivity index (χ2v) is 6.38. The third-order valence-corrected chi connectivity index (χ3v) is 4.58. The minimum Gasteiger partial charge on any atom is -0.496 e. The molecule has 1 aliphatic heterocycles. The van der Waals surface area contributed by atoms with Crippen molar-refractivity contribution in [2.24, 2.45) is 0 Å². The zero-order valence-corrected chi connectivity index (χ0v) is 14.4. The Morgan fingerprint density at radius 2 is 2.04 bits per heavy atom. The summed E-state index contributed by atoms with van der Waals surface area (Å²) in [4.78, 5) is 2.36. The van der Waals surface area contributed by atoms with Crippen LogP contribution in [0.2, 0.25) is 0 Å². The van der Waals surface area contributed by atoms with E-state index in [1.54, 1.807) is 7.11 Å². The minimum absolute atomic E-state index is 0.256. The largest absolute Gasteiger partial charge is 0.496 e. The van der Waals surface area contributed by atoms with E-state index in [9.17, 15) is 0 Å². The van der Waals surface area contributed by atoms with Gasteiger partial charge < -0.3 is 13.6 Å². The van der Waals surface area contributed by atoms with Crippen LogP contribution in [0.3, 0.4) is 0 Å². The molecule has 0 spiro atoms. The number of methoxy groups -OCH3 is 1. The highest BCUT2D eigenvalue weighted by molar-refractivity contribution is 5.62. The molecule has 0 N–H and O–H groups in total. The van der Waals surface area contributed by atoms with Gasteiger partial charge in [0.2, 0.25) is 5.89 Å². The topological polar surface area (TPSA) is 64.5 Å². The van der Waals surface area contributed by atoms with Gasteiger partial charge in [0.25, 0.3) is 5.89 Å². The molecule has 0 aliphatic carbocycles. The van der Waals surface area contributed by atoms with Crippen molar-refractivity contribution < 1.29 is 13.6 Å². The van der Waals surface area contributed by atoms with Crippen molar-refractivity contribution in [1.82, 2.24) is 15.1 Å². The summed E-state index contributed by atoms with van der Waals surface area (Å²) < 4.78 is 17.0. The highest BCUT2D eigenvalue weighted by atomic mass is 16.5. The monoisotopic (exact) mass is 339 g/mol. The normalized spacial score (nSPS) is 17.9. The number of likely N-dealkylation sites (tertiary alicyclic amines) is 1. The molecule has 1 fully saturated rings. The molecule has 3 aromatic rings. The first-order chi connectivity index (χ1) is 12.2. The van der Waals surface area contributed by atoms with E-state index in [4.69, 9.17) is 13.6 Å². The average molecular weight is 339 g/mol. The van der Waals surface area contributed by atoms with Crippen LogP contribution in [-0.4, -0.2) is 35.3 Å². The summed E-state index contributed by atoms with van der Waals surface area (Å²) in [5.41, 5.74) is 0.824. The lowest BCUT2D eigenvalue weighted by molar-refractivity contribution is 0.287. The molecule has 1 saturated heterocycles. The third kappa shape index (κ3) is 3.30. The number of aromatic nitrogens is 2. The summed E-state index contributed by atoms with van der Waals surface area (Å²) in [5, 5.41) is 8.49. The summed E-state index contributed by atoms with van der Waals surface area (Å²) in [6, 6.07) is 11.7. The van der Waals surface area contributed by atoms with E-state index in [1.807, 2.05) is 43.3 Å². The van der Waals surface area contributed by atoms with Crippen molar-refractivity contribution in [3.8, 4) is 17.2 Å². The van der Waals surface area contributed by atoms with E-state index in [-0.39, 0.29) is 5.92 Å². The van der Waals surface area contributed by atoms with Crippen LogP contribution in [0.5, 0.6) is 5.75 Å². The van der Waals surface area contributed by atoms with Gasteiger partial charge in [0.1, 0.15) is 17.3 Å². The zero-order chi connectivity index (χ0) is 17.2. The van der Waals surface area contributed by atoms with Crippen LogP contribution < -0.4 is 4.74 Å². The summed E-state index contributed by atoms with van der Waals surface area (Å²) in [5.74, 6) is 4.14. The summed E-state index contributed by atoms with van der Waals surface area (Å²) in [7, 11) is 1.64. The van der Waals surface area contributed by atoms with Crippen molar-refractivity contribution in [1.29, 1.82) is 0 Å². The smallest absolute Gasteiger partial charge is 0.251 e. The Labute approximate surface area is 146 Å². The number of benzene rings is 1. The van der Waals surface area contributed by atoms with E-state index in [0.29, 0.717) is 11.8 Å². The molecule has 0 unspecified atom stereocenters. The van der Waals surface area contributed by atoms with Gasteiger partial charge in [-0.1, -0.05) is 12.1 Å². The van der Waals surface area contributed by atoms with Crippen molar-refractivity contribution in [3.63, 3.8) is 0 Å². The lowest BCUT2D eigenvalue weighted by Gasteiger charge is -2.13. The Morgan fingerprint density at radius 1 is 1.16 bits per heavy atom. The molecule has 25 heavy (non-hydrogen) atoms. The van der Waals surface area contributed by atoms with Crippen LogP contribution in [0.1, 0.15) is 29.7 Å². The van der Waals surface area contributed by atoms with Crippen molar-refractivity contribution in [3.05, 3.63) is 53.8 Å². The van der Waals surface area contributed by atoms with Crippen molar-refractivity contribution >= 4 is 0 Å². The molecule has 0 bridgehead atoms. The van der Waals surface area contributed by atoms with Gasteiger partial charge in [-0.15, -0.1) is 10.2 Å². The zero-order valence-electron chi connectivity index (χ0n) is 14.4. The summed E-state index contributed by atoms with van der Waals surface area (Å²) >= 11 is 0. The van der Waals surface area contributed by atoms with Crippen LogP contribution in [0.25, 0.3) is 11.5 Å². The lowest BCUT2D eigenvalue weighted by atomic mass is 10.1. The van der Waals surface area contributed by atoms with Crippen LogP contribution in [0, 0.1) is 6.92 Å². The van der Waals surface area contributed by atoms with Crippen LogP contribution in [-0.2, 0) is 6.54 Å². The fraction of sp³-hybridized carbons (Fsp3) is 0.368. The molecule has 3 heterocycles. The number of hydrogen-bond acceptors (Lipinski definition) is 6. The summed E-state index contributed by atoms with van der Waals surface area (Å²) in [6.45, 7) is 4.68. The Bertz CT molecular complexity index is 855. The predicted octanol–water partition coefficient (Wildman–Crippen LogP) is 3.64. The number of hydrogen-bond donors (Lipinski definition) is 0. The molecule has 4 rings (SSSR count). The van der Waals surface area contributed by atoms with Crippen LogP contribution >= 0.6 is 0 Å². The first-order valence-electron chi connectivity index (χ1n) is 8.47. The lowest BCUT2D eigenvalue weighted by Crippen LogP contribution is -2.19. The average Bonchev–Trinajstić information content (AvgIpc) is 3.36. The molecule has 6 heteroatoms. The van der Waals surface area contributed by atoms with Gasteiger partial charge in [0, 0.05) is 6.54 Å². The van der Waals surface area contributed by atoms with Gasteiger partial charge in [0.15, 0.2) is 0 Å². The highest BCUT2D eigenvalue weighted by Gasteiger charge is 2.29. The van der Waals surface area contributed by atoms with E-state index in [1.165, 1.54) is 0 Å². The number of rotatable bonds is 5. The van der Waals surface area contributed by atoms with Gasteiger partial charge in [0.05, 0.1) is 25.1 Å². The minimum atomic E-state index is 0.256. The van der Waals surface area contributed by atoms with Gasteiger partial charge in [-0.3, -0.25) is 4.90 Å². The number of aryl methyl sites for hydroxylation is 1. The van der Waals surface area contributed by atoms with Gasteiger partial charge in [-0.05, 0) is 44.2 Å². The van der Waals surface area contributed by atoms with Gasteiger partial charge in [-0.25, -0.2) is 0 Å². The van der Waals surface area contributed by atoms with E-state index < -0.39 is 0 Å². The maximum atomic E-state index is 5.95. The quantitative estimate of drug-likeness (QED) is 0.707. The van der Waals surface area contributed by atoms with Crippen molar-refractivity contribution in [2.45, 2.75) is 25.8 Å². The first kappa shape index (κ1) is 15.9. The maximum Gasteiger partial charge on any atom is 0.251 e. The Balaban J connectivity index is 1.46. The first-order valence-corrected chi connectivity index (χ1v) is 8.47. The number of furan rings is 1. The predicted molar refractivity (Wildman–Crippen MR) is 92.4 cm³/mol. The highest BCUT2D eigenvalue weighted by Crippen LogP contribution is 2.32. The fourth-order valence-electron chi connectivity index (χ4n) is 3.30. The van der Waals surface area contributed by atoms with Crippen LogP contribution in [0.4, 0.5) is 0 Å². The van der Waals surface area contributed by atoms with Crippen molar-refractivity contribution in [2.75, 3.05) is 20.2 Å². The number of para-hydroxylation sites is 1. The number of nitrogens with zero attached hydrogens (tertiary/aromatic N) is 3. The Kier molecular flexibility index (Phi) is 4.28. The maximum absolute atomic E-state index is 5.95. The molecule has 0 saturated carbocycles. The molecular weight excluding hydrogens is 318 g/mol. The Morgan fingerprint density at radius 3 is 2.84 bits per heavy atom. The molecule has 1 aromatic carbocycles. The standard InChI is InChI=1S/C19H21N3O3/c1-13-7-8-15(24-13)12-22-10-9-14(11-22)18-20-21-19(25-18)16-5-3-4-6-17(16)23-2/h3-8,14H,9-12H2,1-2H3/t14-/m0/s1. The molecule has 0 radical (unpaired) electrons. The van der Waals surface area contributed by atoms with Gasteiger partial charge in [-0.2, -0.15) is 0 Å². The molecule has 130 valence electrons. The molecule has 1 atom stereocenters. The van der Waals surface area contributed by atoms with E-state index in [0.717, 1.165) is 48.9 Å². The van der Waals surface area contributed by atoms with E-state index in [2.05, 4.69) is 15.1 Å². The summed E-state index contributed by atoms with van der Waals surface area (Å²) in [6.07, 6.45) is 1.01. The van der Waals surface area contributed by atoms with E-state index >= 15 is 0 Å². The molecule has 6 nitrogen and oxygen atoms in total. The Hall–Kier alpha value is -2.60. The van der Waals surface area contributed by atoms with Gasteiger partial charge >= 0.3 is 0 Å². The third-order valence-electron chi connectivity index (χ3n) is 4.58. The molecule has 1 aliphatic rings. The van der Waals surface area contributed by atoms with Crippen LogP contribution in [0.15, 0.2) is 45.2 Å². The fourth-order valence-corrected chi connectivity index (χ4v) is 3.30. The second-order valence-electron chi connectivity index (χ2n) is 6.38. The molecule has 2 aromatic heterocycles. The SMILES string of the molecule is COc1ccccc1-c1nnc([C@H]2CCN(Cc3ccc(C)o3)C2)o1. The molecule has 0 amide bonds.